The summed E-state index contributed by atoms with van der Waals surface area (Å²) in [5.74, 6) is 1.33. The normalized spacial score (nSPS) is 34.9. The molecule has 132 valence electrons. The molecule has 1 aromatic carbocycles. The summed E-state index contributed by atoms with van der Waals surface area (Å²) in [7, 11) is 0. The van der Waals surface area contributed by atoms with Gasteiger partial charge in [-0.3, -0.25) is 4.79 Å². The molecule has 1 saturated heterocycles. The summed E-state index contributed by atoms with van der Waals surface area (Å²) in [5.41, 5.74) is 7.41. The predicted molar refractivity (Wildman–Crippen MR) is 96.3 cm³/mol. The number of amides is 1. The van der Waals surface area contributed by atoms with Crippen molar-refractivity contribution in [1.29, 1.82) is 0 Å². The maximum absolute atomic E-state index is 13.0. The number of nitrogens with zero attached hydrogens (tertiary/aromatic N) is 1. The predicted octanol–water partition coefficient (Wildman–Crippen LogP) is 3.04. The second-order valence-electron chi connectivity index (χ2n) is 7.13. The van der Waals surface area contributed by atoms with Crippen LogP contribution in [0.2, 0.25) is 5.02 Å². The molecule has 1 aliphatic heterocycles. The van der Waals surface area contributed by atoms with E-state index in [1.54, 1.807) is 0 Å². The van der Waals surface area contributed by atoms with Crippen molar-refractivity contribution in [3.8, 4) is 0 Å². The lowest BCUT2D eigenvalue weighted by atomic mass is 9.84. The first-order valence-electron chi connectivity index (χ1n) is 8.55. The fourth-order valence-corrected chi connectivity index (χ4v) is 4.77. The summed E-state index contributed by atoms with van der Waals surface area (Å²) in [5, 5.41) is 0.713. The van der Waals surface area contributed by atoms with Crippen LogP contribution in [0.5, 0.6) is 0 Å². The standard InChI is InChI=1S/C18H23ClN2O2.ClH/c19-14-5-3-11(4-6-14)15-10-21(7-8-23-15)18(22)16-12-1-2-13(9-12)17(16)20;/h3-6,12-13,15-17H,1-2,7-10,20H2;1H. The van der Waals surface area contributed by atoms with Crippen LogP contribution in [0.4, 0.5) is 0 Å². The van der Waals surface area contributed by atoms with E-state index in [1.807, 2.05) is 29.2 Å². The minimum Gasteiger partial charge on any atom is -0.370 e. The number of carbonyl (C=O) groups excluding carboxylic acids is 1. The minimum atomic E-state index is -0.0696. The molecule has 2 bridgehead atoms. The van der Waals surface area contributed by atoms with Gasteiger partial charge in [-0.15, -0.1) is 12.4 Å². The van der Waals surface area contributed by atoms with E-state index in [4.69, 9.17) is 22.1 Å². The monoisotopic (exact) mass is 370 g/mol. The first-order valence-corrected chi connectivity index (χ1v) is 8.92. The zero-order valence-corrected chi connectivity index (χ0v) is 15.1. The molecule has 2 N–H and O–H groups in total. The van der Waals surface area contributed by atoms with Gasteiger partial charge in [0.2, 0.25) is 5.91 Å². The van der Waals surface area contributed by atoms with Gasteiger partial charge in [0, 0.05) is 17.6 Å². The lowest BCUT2D eigenvalue weighted by molar-refractivity contribution is -0.145. The molecule has 4 rings (SSSR count). The Hall–Kier alpha value is -0.810. The third kappa shape index (κ3) is 3.17. The fourth-order valence-electron chi connectivity index (χ4n) is 4.64. The third-order valence-electron chi connectivity index (χ3n) is 5.89. The van der Waals surface area contributed by atoms with Crippen molar-refractivity contribution in [1.82, 2.24) is 4.90 Å². The van der Waals surface area contributed by atoms with Crippen LogP contribution >= 0.6 is 24.0 Å². The zero-order chi connectivity index (χ0) is 16.0. The molecule has 3 aliphatic rings. The van der Waals surface area contributed by atoms with Crippen molar-refractivity contribution in [2.75, 3.05) is 19.7 Å². The van der Waals surface area contributed by atoms with Gasteiger partial charge in [0.25, 0.3) is 0 Å². The zero-order valence-electron chi connectivity index (χ0n) is 13.6. The second kappa shape index (κ2) is 7.20. The van der Waals surface area contributed by atoms with Crippen molar-refractivity contribution >= 4 is 29.9 Å². The Balaban J connectivity index is 0.00000169. The van der Waals surface area contributed by atoms with Gasteiger partial charge in [-0.2, -0.15) is 0 Å². The van der Waals surface area contributed by atoms with Crippen molar-refractivity contribution in [3.63, 3.8) is 0 Å². The Kier molecular flexibility index (Phi) is 5.40. The van der Waals surface area contributed by atoms with Gasteiger partial charge in [-0.05, 0) is 48.8 Å². The Morgan fingerprint density at radius 3 is 2.58 bits per heavy atom. The fraction of sp³-hybridized carbons (Fsp3) is 0.611. The first-order chi connectivity index (χ1) is 11.1. The maximum Gasteiger partial charge on any atom is 0.227 e. The lowest BCUT2D eigenvalue weighted by Crippen LogP contribution is -2.50. The molecule has 3 fully saturated rings. The summed E-state index contributed by atoms with van der Waals surface area (Å²) in [6, 6.07) is 7.74. The van der Waals surface area contributed by atoms with Crippen molar-refractivity contribution in [2.45, 2.75) is 31.4 Å². The Bertz CT molecular complexity index is 593. The molecular formula is C18H24Cl2N2O2. The Labute approximate surface area is 154 Å². The van der Waals surface area contributed by atoms with Gasteiger partial charge < -0.3 is 15.4 Å². The summed E-state index contributed by atoms with van der Waals surface area (Å²) in [6.45, 7) is 1.86. The molecule has 24 heavy (non-hydrogen) atoms. The van der Waals surface area contributed by atoms with E-state index in [0.717, 1.165) is 12.0 Å². The van der Waals surface area contributed by atoms with Gasteiger partial charge in [-0.25, -0.2) is 0 Å². The number of fused-ring (bicyclic) bond motifs is 2. The van der Waals surface area contributed by atoms with Gasteiger partial charge in [0.05, 0.1) is 19.1 Å². The number of rotatable bonds is 2. The number of ether oxygens (including phenoxy) is 1. The minimum absolute atomic E-state index is 0. The van der Waals surface area contributed by atoms with Crippen LogP contribution in [0.15, 0.2) is 24.3 Å². The van der Waals surface area contributed by atoms with Crippen molar-refractivity contribution in [2.24, 2.45) is 23.5 Å². The van der Waals surface area contributed by atoms with Crippen LogP contribution in [-0.4, -0.2) is 36.5 Å². The number of halogens is 2. The molecule has 1 heterocycles. The average molecular weight is 371 g/mol. The molecule has 0 spiro atoms. The number of nitrogens with two attached hydrogens (primary N) is 1. The average Bonchev–Trinajstić information content (AvgIpc) is 3.16. The van der Waals surface area contributed by atoms with E-state index < -0.39 is 0 Å². The SMILES string of the molecule is Cl.NC1C2CCC(C2)C1C(=O)N1CCOC(c2ccc(Cl)cc2)C1. The summed E-state index contributed by atoms with van der Waals surface area (Å²) in [4.78, 5) is 15.0. The quantitative estimate of drug-likeness (QED) is 0.870. The molecule has 1 aromatic rings. The summed E-state index contributed by atoms with van der Waals surface area (Å²) >= 11 is 5.95. The van der Waals surface area contributed by atoms with Crippen LogP contribution in [-0.2, 0) is 9.53 Å². The second-order valence-corrected chi connectivity index (χ2v) is 7.57. The summed E-state index contributed by atoms with van der Waals surface area (Å²) < 4.78 is 5.87. The largest absolute Gasteiger partial charge is 0.370 e. The molecule has 5 atom stereocenters. The first kappa shape index (κ1) is 18.0. The summed E-state index contributed by atoms with van der Waals surface area (Å²) in [6.07, 6.45) is 3.44. The van der Waals surface area contributed by atoms with Gasteiger partial charge in [0.15, 0.2) is 0 Å². The van der Waals surface area contributed by atoms with Crippen LogP contribution < -0.4 is 5.73 Å². The molecular weight excluding hydrogens is 347 g/mol. The maximum atomic E-state index is 13.0. The molecule has 2 saturated carbocycles. The van der Waals surface area contributed by atoms with Crippen LogP contribution in [0.1, 0.15) is 30.9 Å². The molecule has 6 heteroatoms. The van der Waals surface area contributed by atoms with E-state index in [1.165, 1.54) is 12.8 Å². The van der Waals surface area contributed by atoms with E-state index >= 15 is 0 Å². The molecule has 2 aliphatic carbocycles. The smallest absolute Gasteiger partial charge is 0.227 e. The van der Waals surface area contributed by atoms with E-state index in [2.05, 4.69) is 0 Å². The molecule has 5 unspecified atom stereocenters. The number of carbonyl (C=O) groups is 1. The van der Waals surface area contributed by atoms with E-state index in [-0.39, 0.29) is 36.4 Å². The topological polar surface area (TPSA) is 55.6 Å². The van der Waals surface area contributed by atoms with E-state index in [9.17, 15) is 4.79 Å². The van der Waals surface area contributed by atoms with Crippen LogP contribution in [0.25, 0.3) is 0 Å². The molecule has 1 amide bonds. The van der Waals surface area contributed by atoms with Crippen LogP contribution in [0.3, 0.4) is 0 Å². The highest BCUT2D eigenvalue weighted by Gasteiger charge is 2.50. The number of hydrogen-bond donors (Lipinski definition) is 1. The van der Waals surface area contributed by atoms with Crippen molar-refractivity contribution in [3.05, 3.63) is 34.9 Å². The molecule has 0 aromatic heterocycles. The highest BCUT2D eigenvalue weighted by molar-refractivity contribution is 6.30. The Morgan fingerprint density at radius 1 is 1.21 bits per heavy atom. The number of hydrogen-bond acceptors (Lipinski definition) is 3. The third-order valence-corrected chi connectivity index (χ3v) is 6.14. The number of benzene rings is 1. The number of morpholine rings is 1. The Morgan fingerprint density at radius 2 is 1.92 bits per heavy atom. The molecule has 4 nitrogen and oxygen atoms in total. The van der Waals surface area contributed by atoms with Gasteiger partial charge in [-0.1, -0.05) is 23.7 Å². The van der Waals surface area contributed by atoms with Crippen LogP contribution in [0, 0.1) is 17.8 Å². The van der Waals surface area contributed by atoms with E-state index in [0.29, 0.717) is 36.6 Å². The highest BCUT2D eigenvalue weighted by atomic mass is 35.5. The highest BCUT2D eigenvalue weighted by Crippen LogP contribution is 2.48. The lowest BCUT2D eigenvalue weighted by Gasteiger charge is -2.37. The van der Waals surface area contributed by atoms with Crippen molar-refractivity contribution < 1.29 is 9.53 Å². The van der Waals surface area contributed by atoms with Gasteiger partial charge >= 0.3 is 0 Å². The van der Waals surface area contributed by atoms with Gasteiger partial charge in [0.1, 0.15) is 6.10 Å². The molecule has 0 radical (unpaired) electrons.